The zero-order chi connectivity index (χ0) is 27.7. The molecule has 0 bridgehead atoms. The maximum atomic E-state index is 13.1. The Morgan fingerprint density at radius 3 is 2.41 bits per heavy atom. The number of likely N-dealkylation sites (tertiary alicyclic amines) is 1. The van der Waals surface area contributed by atoms with E-state index in [2.05, 4.69) is 15.3 Å². The molecule has 3 aromatic heterocycles. The van der Waals surface area contributed by atoms with Gasteiger partial charge in [-0.05, 0) is 61.6 Å². The average molecular weight is 539 g/mol. The molecule has 0 radical (unpaired) electrons. The lowest BCUT2D eigenvalue weighted by molar-refractivity contribution is -0.141. The molecule has 39 heavy (non-hydrogen) atoms. The van der Waals surface area contributed by atoms with Gasteiger partial charge in [0.1, 0.15) is 11.2 Å². The molecular weight excluding hydrogens is 513 g/mol. The highest BCUT2D eigenvalue weighted by atomic mass is 19.4. The van der Waals surface area contributed by atoms with Crippen molar-refractivity contribution in [1.82, 2.24) is 14.9 Å². The lowest BCUT2D eigenvalue weighted by Gasteiger charge is -2.31. The third-order valence-electron chi connectivity index (χ3n) is 6.71. The molecule has 8 nitrogen and oxygen atoms in total. The van der Waals surface area contributed by atoms with Crippen molar-refractivity contribution in [1.29, 1.82) is 0 Å². The van der Waals surface area contributed by atoms with Crippen molar-refractivity contribution in [3.8, 4) is 5.88 Å². The van der Waals surface area contributed by atoms with Gasteiger partial charge in [0, 0.05) is 42.2 Å². The first kappa shape index (κ1) is 26.2. The van der Waals surface area contributed by atoms with E-state index in [-0.39, 0.29) is 29.0 Å². The second-order valence-electron chi connectivity index (χ2n) is 9.37. The van der Waals surface area contributed by atoms with Crippen molar-refractivity contribution in [2.75, 3.05) is 25.5 Å². The standard InChI is InChI=1S/C28H25F3N4O4/c1-16-3-8-22-21(32-16)15-23(39-22)27(37)35-11-9-18(10-12-35)17-4-6-20(7-5-17)33-26(36)19-13-24(28(29,30)31)34-25(14-19)38-2/h3-8,13-15,18H,9-12H2,1-2H3,(H,33,36). The first-order valence-electron chi connectivity index (χ1n) is 12.3. The van der Waals surface area contributed by atoms with Crippen LogP contribution in [0.1, 0.15) is 56.6 Å². The molecule has 11 heteroatoms. The lowest BCUT2D eigenvalue weighted by atomic mass is 9.89. The average Bonchev–Trinajstić information content (AvgIpc) is 3.35. The fourth-order valence-corrected chi connectivity index (χ4v) is 4.63. The van der Waals surface area contributed by atoms with Crippen LogP contribution in [0.2, 0.25) is 0 Å². The van der Waals surface area contributed by atoms with Crippen LogP contribution in [-0.4, -0.2) is 46.9 Å². The first-order valence-corrected chi connectivity index (χ1v) is 12.3. The Balaban J connectivity index is 1.20. The number of hydrogen-bond acceptors (Lipinski definition) is 6. The normalized spacial score (nSPS) is 14.4. The van der Waals surface area contributed by atoms with Crippen LogP contribution in [0.4, 0.5) is 18.9 Å². The highest BCUT2D eigenvalue weighted by Crippen LogP contribution is 2.32. The number of aromatic nitrogens is 2. The van der Waals surface area contributed by atoms with Crippen molar-refractivity contribution < 1.29 is 31.9 Å². The van der Waals surface area contributed by atoms with E-state index in [4.69, 9.17) is 9.15 Å². The third kappa shape index (κ3) is 5.71. The van der Waals surface area contributed by atoms with Crippen molar-refractivity contribution in [3.63, 3.8) is 0 Å². The summed E-state index contributed by atoms with van der Waals surface area (Å²) in [6.07, 6.45) is -3.20. The molecule has 1 N–H and O–H groups in total. The number of carbonyl (C=O) groups is 2. The fraction of sp³-hybridized carbons (Fsp3) is 0.286. The summed E-state index contributed by atoms with van der Waals surface area (Å²) in [5, 5.41) is 2.61. The number of hydrogen-bond donors (Lipinski definition) is 1. The number of carbonyl (C=O) groups excluding carboxylic acids is 2. The van der Waals surface area contributed by atoms with Gasteiger partial charge in [-0.15, -0.1) is 0 Å². The van der Waals surface area contributed by atoms with Gasteiger partial charge in [0.15, 0.2) is 11.3 Å². The van der Waals surface area contributed by atoms with Crippen LogP contribution in [0.15, 0.2) is 59.0 Å². The van der Waals surface area contributed by atoms with E-state index in [1.165, 1.54) is 7.11 Å². The fourth-order valence-electron chi connectivity index (χ4n) is 4.63. The van der Waals surface area contributed by atoms with Gasteiger partial charge in [-0.25, -0.2) is 9.97 Å². The summed E-state index contributed by atoms with van der Waals surface area (Å²) >= 11 is 0. The Bertz CT molecular complexity index is 1520. The summed E-state index contributed by atoms with van der Waals surface area (Å²) in [4.78, 5) is 35.1. The Labute approximate surface area is 221 Å². The molecule has 1 aromatic carbocycles. The lowest BCUT2D eigenvalue weighted by Crippen LogP contribution is -2.37. The minimum absolute atomic E-state index is 0.163. The number of ether oxygens (including phenoxy) is 1. The van der Waals surface area contributed by atoms with Crippen LogP contribution in [0.5, 0.6) is 5.88 Å². The highest BCUT2D eigenvalue weighted by molar-refractivity contribution is 6.04. The molecule has 0 unspecified atom stereocenters. The number of nitrogens with zero attached hydrogens (tertiary/aromatic N) is 3. The summed E-state index contributed by atoms with van der Waals surface area (Å²) in [5.41, 5.74) is 2.15. The van der Waals surface area contributed by atoms with Crippen molar-refractivity contribution in [2.24, 2.45) is 0 Å². The molecule has 1 saturated heterocycles. The second-order valence-corrected chi connectivity index (χ2v) is 9.37. The van der Waals surface area contributed by atoms with Crippen molar-refractivity contribution in [2.45, 2.75) is 31.9 Å². The van der Waals surface area contributed by atoms with Gasteiger partial charge >= 0.3 is 6.18 Å². The van der Waals surface area contributed by atoms with Gasteiger partial charge in [-0.3, -0.25) is 9.59 Å². The van der Waals surface area contributed by atoms with Crippen LogP contribution in [0.25, 0.3) is 11.1 Å². The zero-order valence-electron chi connectivity index (χ0n) is 21.2. The third-order valence-corrected chi connectivity index (χ3v) is 6.71. The molecule has 4 heterocycles. The van der Waals surface area contributed by atoms with Gasteiger partial charge < -0.3 is 19.4 Å². The number of nitrogens with one attached hydrogen (secondary N) is 1. The summed E-state index contributed by atoms with van der Waals surface area (Å²) in [6, 6.07) is 14.3. The van der Waals surface area contributed by atoms with Gasteiger partial charge in [0.25, 0.3) is 11.8 Å². The number of rotatable bonds is 5. The molecular formula is C28H25F3N4O4. The Kier molecular flexibility index (Phi) is 6.98. The van der Waals surface area contributed by atoms with Crippen molar-refractivity contribution >= 4 is 28.6 Å². The number of piperidine rings is 1. The molecule has 0 spiro atoms. The number of methoxy groups -OCH3 is 1. The number of alkyl halides is 3. The monoisotopic (exact) mass is 538 g/mol. The Morgan fingerprint density at radius 1 is 1.03 bits per heavy atom. The van der Waals surface area contributed by atoms with E-state index in [1.54, 1.807) is 29.2 Å². The highest BCUT2D eigenvalue weighted by Gasteiger charge is 2.34. The maximum Gasteiger partial charge on any atom is 0.433 e. The Hall–Kier alpha value is -4.41. The molecule has 0 aliphatic carbocycles. The van der Waals surface area contributed by atoms with Crippen LogP contribution < -0.4 is 10.1 Å². The number of anilines is 1. The SMILES string of the molecule is COc1cc(C(=O)Nc2ccc(C3CCN(C(=O)c4cc5nc(C)ccc5o4)CC3)cc2)cc(C(F)(F)F)n1. The van der Waals surface area contributed by atoms with E-state index in [0.29, 0.717) is 35.9 Å². The van der Waals surface area contributed by atoms with Gasteiger partial charge in [0.2, 0.25) is 5.88 Å². The van der Waals surface area contributed by atoms with Gasteiger partial charge in [0.05, 0.1) is 7.11 Å². The van der Waals surface area contributed by atoms with Gasteiger partial charge in [-0.1, -0.05) is 12.1 Å². The molecule has 5 rings (SSSR count). The zero-order valence-corrected chi connectivity index (χ0v) is 21.2. The minimum atomic E-state index is -4.71. The molecule has 4 aromatic rings. The smallest absolute Gasteiger partial charge is 0.433 e. The minimum Gasteiger partial charge on any atom is -0.481 e. The molecule has 0 atom stereocenters. The Morgan fingerprint density at radius 2 is 1.74 bits per heavy atom. The number of halogens is 3. The molecule has 0 saturated carbocycles. The molecule has 1 aliphatic rings. The number of benzene rings is 1. The molecule has 1 aliphatic heterocycles. The van der Waals surface area contributed by atoms with E-state index in [1.807, 2.05) is 25.1 Å². The summed E-state index contributed by atoms with van der Waals surface area (Å²) in [7, 11) is 1.18. The summed E-state index contributed by atoms with van der Waals surface area (Å²) in [5.74, 6) is -0.684. The van der Waals surface area contributed by atoms with E-state index in [0.717, 1.165) is 30.2 Å². The summed E-state index contributed by atoms with van der Waals surface area (Å²) < 4.78 is 49.9. The number of amides is 2. The molecule has 202 valence electrons. The molecule has 2 amide bonds. The van der Waals surface area contributed by atoms with Crippen LogP contribution in [0.3, 0.4) is 0 Å². The van der Waals surface area contributed by atoms with E-state index < -0.39 is 17.8 Å². The van der Waals surface area contributed by atoms with E-state index >= 15 is 0 Å². The number of fused-ring (bicyclic) bond motifs is 1. The topological polar surface area (TPSA) is 97.6 Å². The number of furan rings is 1. The quantitative estimate of drug-likeness (QED) is 0.343. The maximum absolute atomic E-state index is 13.1. The van der Waals surface area contributed by atoms with E-state index in [9.17, 15) is 22.8 Å². The largest absolute Gasteiger partial charge is 0.481 e. The van der Waals surface area contributed by atoms with Gasteiger partial charge in [-0.2, -0.15) is 13.2 Å². The van der Waals surface area contributed by atoms with Crippen LogP contribution in [0, 0.1) is 6.92 Å². The van der Waals surface area contributed by atoms with Crippen LogP contribution >= 0.6 is 0 Å². The molecule has 1 fully saturated rings. The predicted molar refractivity (Wildman–Crippen MR) is 137 cm³/mol. The number of pyridine rings is 2. The van der Waals surface area contributed by atoms with Crippen LogP contribution in [-0.2, 0) is 6.18 Å². The second kappa shape index (κ2) is 10.4. The first-order chi connectivity index (χ1) is 18.6. The number of aryl methyl sites for hydroxylation is 1. The van der Waals surface area contributed by atoms with Crippen molar-refractivity contribution in [3.05, 3.63) is 82.9 Å². The summed E-state index contributed by atoms with van der Waals surface area (Å²) in [6.45, 7) is 3.01. The predicted octanol–water partition coefficient (Wildman–Crippen LogP) is 5.83.